The average molecular weight is 496 g/mol. The second-order valence-corrected chi connectivity index (χ2v) is 11.6. The summed E-state index contributed by atoms with van der Waals surface area (Å²) in [6.45, 7) is 9.07. The number of carbonyl (C=O) groups excluding carboxylic acids is 2. The van der Waals surface area contributed by atoms with Gasteiger partial charge >= 0.3 is 11.9 Å². The van der Waals surface area contributed by atoms with Gasteiger partial charge in [0.1, 0.15) is 5.75 Å². The van der Waals surface area contributed by atoms with Gasteiger partial charge in [-0.15, -0.1) is 0 Å². The summed E-state index contributed by atoms with van der Waals surface area (Å²) in [6.07, 6.45) is 5.84. The highest BCUT2D eigenvalue weighted by atomic mass is 16.5. The maximum absolute atomic E-state index is 12.4. The van der Waals surface area contributed by atoms with E-state index < -0.39 is 17.4 Å². The highest BCUT2D eigenvalue weighted by Gasteiger charge is 2.50. The van der Waals surface area contributed by atoms with Gasteiger partial charge in [-0.1, -0.05) is 39.0 Å². The first-order valence-corrected chi connectivity index (χ1v) is 13.2. The molecule has 196 valence electrons. The Labute approximate surface area is 215 Å². The number of hydrogen-bond donors (Lipinski definition) is 0. The van der Waals surface area contributed by atoms with Crippen LogP contribution < -0.4 is 4.74 Å². The first kappa shape index (κ1) is 26.5. The normalized spacial score (nSPS) is 22.7. The fourth-order valence-electron chi connectivity index (χ4n) is 5.92. The van der Waals surface area contributed by atoms with E-state index in [1.165, 1.54) is 43.4 Å². The second-order valence-electron chi connectivity index (χ2n) is 11.6. The fourth-order valence-corrected chi connectivity index (χ4v) is 5.92. The van der Waals surface area contributed by atoms with Crippen molar-refractivity contribution in [1.82, 2.24) is 4.90 Å². The lowest BCUT2D eigenvalue weighted by Gasteiger charge is -2.37. The van der Waals surface area contributed by atoms with Crippen molar-refractivity contribution in [2.45, 2.75) is 71.9 Å². The standard InChI is InChI=1S/C30H41NO5/c1-29(2,3)24-9-12-25(13-10-24)36-26-11-8-22-18-21(6-7-23(22)19-26)20-31-16-14-30(15-17-31,27(32)34-4)28(33)35-5/h6-8,11,18-19,24-25H,9-10,12-17,20H2,1-5H3/t24-,25-. The summed E-state index contributed by atoms with van der Waals surface area (Å²) in [6, 6.07) is 12.9. The topological polar surface area (TPSA) is 65.1 Å². The highest BCUT2D eigenvalue weighted by molar-refractivity contribution is 6.00. The zero-order valence-corrected chi connectivity index (χ0v) is 22.5. The molecule has 1 aliphatic heterocycles. The molecule has 2 fully saturated rings. The quantitative estimate of drug-likeness (QED) is 0.375. The monoisotopic (exact) mass is 495 g/mol. The van der Waals surface area contributed by atoms with Crippen molar-refractivity contribution in [1.29, 1.82) is 0 Å². The molecule has 36 heavy (non-hydrogen) atoms. The molecule has 0 atom stereocenters. The van der Waals surface area contributed by atoms with Crippen LogP contribution in [0.15, 0.2) is 36.4 Å². The summed E-state index contributed by atoms with van der Waals surface area (Å²) in [4.78, 5) is 27.0. The van der Waals surface area contributed by atoms with Gasteiger partial charge in [-0.25, -0.2) is 0 Å². The molecule has 0 spiro atoms. The van der Waals surface area contributed by atoms with E-state index in [4.69, 9.17) is 14.2 Å². The Kier molecular flexibility index (Phi) is 7.93. The van der Waals surface area contributed by atoms with E-state index in [9.17, 15) is 9.59 Å². The van der Waals surface area contributed by atoms with E-state index in [2.05, 4.69) is 62.1 Å². The predicted octanol–water partition coefficient (Wildman–Crippen LogP) is 5.75. The van der Waals surface area contributed by atoms with Gasteiger partial charge in [0, 0.05) is 19.6 Å². The third-order valence-corrected chi connectivity index (χ3v) is 8.35. The third kappa shape index (κ3) is 5.69. The van der Waals surface area contributed by atoms with Crippen LogP contribution in [-0.2, 0) is 25.6 Å². The molecule has 2 aliphatic rings. The lowest BCUT2D eigenvalue weighted by molar-refractivity contribution is -0.173. The van der Waals surface area contributed by atoms with Gasteiger partial charge in [0.2, 0.25) is 0 Å². The van der Waals surface area contributed by atoms with Gasteiger partial charge in [0.15, 0.2) is 5.41 Å². The van der Waals surface area contributed by atoms with Crippen LogP contribution in [0, 0.1) is 16.7 Å². The molecule has 1 saturated heterocycles. The molecule has 1 heterocycles. The smallest absolute Gasteiger partial charge is 0.323 e. The fraction of sp³-hybridized carbons (Fsp3) is 0.600. The van der Waals surface area contributed by atoms with Crippen LogP contribution >= 0.6 is 0 Å². The van der Waals surface area contributed by atoms with E-state index in [0.717, 1.165) is 31.1 Å². The molecular weight excluding hydrogens is 454 g/mol. The third-order valence-electron chi connectivity index (χ3n) is 8.35. The number of esters is 2. The molecule has 0 aromatic heterocycles. The summed E-state index contributed by atoms with van der Waals surface area (Å²) < 4.78 is 16.2. The van der Waals surface area contributed by atoms with Crippen molar-refractivity contribution in [3.63, 3.8) is 0 Å². The molecule has 0 N–H and O–H groups in total. The minimum atomic E-state index is -1.19. The first-order valence-electron chi connectivity index (χ1n) is 13.2. The van der Waals surface area contributed by atoms with Crippen LogP contribution in [0.2, 0.25) is 0 Å². The molecule has 2 aromatic rings. The Hall–Kier alpha value is -2.60. The number of likely N-dealkylation sites (tertiary alicyclic amines) is 1. The number of hydrogen-bond acceptors (Lipinski definition) is 6. The van der Waals surface area contributed by atoms with Crippen LogP contribution in [0.5, 0.6) is 5.75 Å². The molecule has 2 aromatic carbocycles. The lowest BCUT2D eigenvalue weighted by atomic mass is 9.72. The zero-order chi connectivity index (χ0) is 25.9. The average Bonchev–Trinajstić information content (AvgIpc) is 2.88. The minimum Gasteiger partial charge on any atom is -0.490 e. The molecular formula is C30H41NO5. The molecule has 0 bridgehead atoms. The Balaban J connectivity index is 1.35. The minimum absolute atomic E-state index is 0.307. The SMILES string of the molecule is COC(=O)C1(C(=O)OC)CCN(Cc2ccc3cc(O[C@H]4CC[C@H](C(C)(C)C)CC4)ccc3c2)CC1. The number of carbonyl (C=O) groups is 2. The van der Waals surface area contributed by atoms with Gasteiger partial charge in [0.05, 0.1) is 20.3 Å². The van der Waals surface area contributed by atoms with Gasteiger partial charge in [-0.05, 0) is 84.4 Å². The molecule has 0 radical (unpaired) electrons. The molecule has 6 heteroatoms. The van der Waals surface area contributed by atoms with E-state index >= 15 is 0 Å². The van der Waals surface area contributed by atoms with Gasteiger partial charge in [-0.2, -0.15) is 0 Å². The summed E-state index contributed by atoms with van der Waals surface area (Å²) >= 11 is 0. The number of benzene rings is 2. The van der Waals surface area contributed by atoms with Crippen molar-refractivity contribution < 1.29 is 23.8 Å². The van der Waals surface area contributed by atoms with Crippen molar-refractivity contribution >= 4 is 22.7 Å². The zero-order valence-electron chi connectivity index (χ0n) is 22.5. The van der Waals surface area contributed by atoms with Gasteiger partial charge < -0.3 is 14.2 Å². The van der Waals surface area contributed by atoms with Crippen molar-refractivity contribution in [3.8, 4) is 5.75 Å². The van der Waals surface area contributed by atoms with E-state index in [1.807, 2.05) is 0 Å². The largest absolute Gasteiger partial charge is 0.490 e. The van der Waals surface area contributed by atoms with Crippen LogP contribution in [-0.4, -0.2) is 50.3 Å². The number of fused-ring (bicyclic) bond motifs is 1. The van der Waals surface area contributed by atoms with Crippen LogP contribution in [0.3, 0.4) is 0 Å². The van der Waals surface area contributed by atoms with Crippen LogP contribution in [0.1, 0.15) is 64.9 Å². The Morgan fingerprint density at radius 3 is 2.06 bits per heavy atom. The van der Waals surface area contributed by atoms with Crippen LogP contribution in [0.4, 0.5) is 0 Å². The molecule has 0 amide bonds. The van der Waals surface area contributed by atoms with Crippen molar-refractivity contribution in [2.24, 2.45) is 16.7 Å². The first-order chi connectivity index (χ1) is 17.1. The van der Waals surface area contributed by atoms with E-state index in [0.29, 0.717) is 37.5 Å². The lowest BCUT2D eigenvalue weighted by Crippen LogP contribution is -2.49. The maximum atomic E-state index is 12.4. The van der Waals surface area contributed by atoms with Gasteiger partial charge in [0.25, 0.3) is 0 Å². The molecule has 6 nitrogen and oxygen atoms in total. The summed E-state index contributed by atoms with van der Waals surface area (Å²) in [5, 5.41) is 2.36. The maximum Gasteiger partial charge on any atom is 0.323 e. The van der Waals surface area contributed by atoms with Gasteiger partial charge in [-0.3, -0.25) is 14.5 Å². The molecule has 1 saturated carbocycles. The summed E-state index contributed by atoms with van der Waals surface area (Å²) in [5.74, 6) is 0.733. The second kappa shape index (κ2) is 10.8. The van der Waals surface area contributed by atoms with E-state index in [1.54, 1.807) is 0 Å². The Morgan fingerprint density at radius 1 is 0.889 bits per heavy atom. The number of rotatable bonds is 6. The summed E-state index contributed by atoms with van der Waals surface area (Å²) in [7, 11) is 2.64. The molecule has 0 unspecified atom stereocenters. The number of piperidine rings is 1. The van der Waals surface area contributed by atoms with Crippen molar-refractivity contribution in [3.05, 3.63) is 42.0 Å². The highest BCUT2D eigenvalue weighted by Crippen LogP contribution is 2.39. The van der Waals surface area contributed by atoms with Crippen LogP contribution in [0.25, 0.3) is 10.8 Å². The molecule has 1 aliphatic carbocycles. The van der Waals surface area contributed by atoms with E-state index in [-0.39, 0.29) is 0 Å². The number of nitrogens with zero attached hydrogens (tertiary/aromatic N) is 1. The Morgan fingerprint density at radius 2 is 1.47 bits per heavy atom. The predicted molar refractivity (Wildman–Crippen MR) is 141 cm³/mol. The Bertz CT molecular complexity index is 1050. The molecule has 4 rings (SSSR count). The summed E-state index contributed by atoms with van der Waals surface area (Å²) in [5.41, 5.74) is 0.401. The van der Waals surface area contributed by atoms with Crippen molar-refractivity contribution in [2.75, 3.05) is 27.3 Å². The number of methoxy groups -OCH3 is 2. The number of ether oxygens (including phenoxy) is 3.